The van der Waals surface area contributed by atoms with E-state index in [4.69, 9.17) is 11.6 Å². The van der Waals surface area contributed by atoms with Gasteiger partial charge in [-0.2, -0.15) is 13.2 Å². The Labute approximate surface area is 138 Å². The van der Waals surface area contributed by atoms with E-state index in [9.17, 15) is 22.7 Å². The summed E-state index contributed by atoms with van der Waals surface area (Å²) in [5.41, 5.74) is -0.361. The predicted molar refractivity (Wildman–Crippen MR) is 83.6 cm³/mol. The van der Waals surface area contributed by atoms with Gasteiger partial charge < -0.3 is 10.1 Å². The minimum Gasteiger partial charge on any atom is -0.494 e. The Balaban J connectivity index is 2.03. The Morgan fingerprint density at radius 1 is 1.12 bits per heavy atom. The third-order valence-electron chi connectivity index (χ3n) is 3.38. The van der Waals surface area contributed by atoms with E-state index >= 15 is 0 Å². The van der Waals surface area contributed by atoms with E-state index in [1.54, 1.807) is 0 Å². The number of hydrogen-bond donors (Lipinski definition) is 2. The van der Waals surface area contributed by atoms with E-state index in [1.807, 2.05) is 0 Å². The largest absolute Gasteiger partial charge is 0.494 e. The minimum absolute atomic E-state index is 0.00289. The lowest BCUT2D eigenvalue weighted by Gasteiger charge is -2.09. The standard InChI is InChI=1S/C16H9ClF4N2O/c17-13-3-2-9(6-12(13)16(19,20)21)22-7-11-10-5-8(18)1-4-14(10)23-15(11)24/h1-7,23-24H. The van der Waals surface area contributed by atoms with Gasteiger partial charge >= 0.3 is 6.18 Å². The molecule has 3 rings (SSSR count). The zero-order chi connectivity index (χ0) is 17.5. The lowest BCUT2D eigenvalue weighted by Crippen LogP contribution is -2.05. The third kappa shape index (κ3) is 3.07. The van der Waals surface area contributed by atoms with Crippen LogP contribution in [0.1, 0.15) is 11.1 Å². The maximum atomic E-state index is 13.3. The van der Waals surface area contributed by atoms with Crippen molar-refractivity contribution >= 4 is 34.4 Å². The first-order chi connectivity index (χ1) is 11.3. The molecule has 3 nitrogen and oxygen atoms in total. The molecular weight excluding hydrogens is 348 g/mol. The zero-order valence-electron chi connectivity index (χ0n) is 11.8. The van der Waals surface area contributed by atoms with Gasteiger partial charge in [0.15, 0.2) is 5.88 Å². The lowest BCUT2D eigenvalue weighted by molar-refractivity contribution is -0.137. The number of aromatic nitrogens is 1. The summed E-state index contributed by atoms with van der Waals surface area (Å²) in [5, 5.41) is 9.79. The summed E-state index contributed by atoms with van der Waals surface area (Å²) in [5.74, 6) is -0.772. The number of hydrogen-bond acceptors (Lipinski definition) is 2. The van der Waals surface area contributed by atoms with Crippen LogP contribution in [0.4, 0.5) is 23.2 Å². The zero-order valence-corrected chi connectivity index (χ0v) is 12.6. The summed E-state index contributed by atoms with van der Waals surface area (Å²) in [6.45, 7) is 0. The van der Waals surface area contributed by atoms with Crippen molar-refractivity contribution in [2.75, 3.05) is 0 Å². The van der Waals surface area contributed by atoms with Crippen LogP contribution < -0.4 is 0 Å². The fourth-order valence-corrected chi connectivity index (χ4v) is 2.48. The van der Waals surface area contributed by atoms with Gasteiger partial charge in [-0.05, 0) is 36.4 Å². The van der Waals surface area contributed by atoms with E-state index in [0.29, 0.717) is 10.9 Å². The normalized spacial score (nSPS) is 12.4. The molecule has 0 amide bonds. The Bertz CT molecular complexity index is 947. The highest BCUT2D eigenvalue weighted by Gasteiger charge is 2.33. The molecule has 0 spiro atoms. The lowest BCUT2D eigenvalue weighted by atomic mass is 10.1. The van der Waals surface area contributed by atoms with Crippen LogP contribution in [-0.4, -0.2) is 16.3 Å². The maximum absolute atomic E-state index is 13.3. The molecule has 1 heterocycles. The molecule has 0 radical (unpaired) electrons. The molecule has 0 aliphatic carbocycles. The van der Waals surface area contributed by atoms with Gasteiger partial charge in [0.2, 0.25) is 0 Å². The SMILES string of the molecule is Oc1[nH]c2ccc(F)cc2c1C=Nc1ccc(Cl)c(C(F)(F)F)c1. The van der Waals surface area contributed by atoms with Crippen LogP contribution in [0.5, 0.6) is 5.88 Å². The van der Waals surface area contributed by atoms with E-state index in [-0.39, 0.29) is 17.1 Å². The van der Waals surface area contributed by atoms with Crippen LogP contribution in [-0.2, 0) is 6.18 Å². The number of nitrogens with zero attached hydrogens (tertiary/aromatic N) is 1. The van der Waals surface area contributed by atoms with Gasteiger partial charge in [0.05, 0.1) is 21.8 Å². The quantitative estimate of drug-likeness (QED) is 0.466. The Kier molecular flexibility index (Phi) is 3.96. The maximum Gasteiger partial charge on any atom is 0.417 e. The van der Waals surface area contributed by atoms with Crippen LogP contribution >= 0.6 is 11.6 Å². The van der Waals surface area contributed by atoms with Crippen molar-refractivity contribution in [1.82, 2.24) is 4.98 Å². The van der Waals surface area contributed by atoms with Crippen LogP contribution in [0, 0.1) is 5.82 Å². The monoisotopic (exact) mass is 356 g/mol. The van der Waals surface area contributed by atoms with Crippen molar-refractivity contribution in [1.29, 1.82) is 0 Å². The van der Waals surface area contributed by atoms with E-state index < -0.39 is 22.6 Å². The molecule has 8 heteroatoms. The van der Waals surface area contributed by atoms with Gasteiger partial charge in [-0.25, -0.2) is 4.39 Å². The summed E-state index contributed by atoms with van der Waals surface area (Å²) in [7, 11) is 0. The highest BCUT2D eigenvalue weighted by atomic mass is 35.5. The molecule has 3 aromatic rings. The first-order valence-corrected chi connectivity index (χ1v) is 7.04. The van der Waals surface area contributed by atoms with Gasteiger partial charge in [0.1, 0.15) is 5.82 Å². The van der Waals surface area contributed by atoms with Crippen molar-refractivity contribution in [3.8, 4) is 5.88 Å². The second-order valence-corrected chi connectivity index (χ2v) is 5.40. The smallest absolute Gasteiger partial charge is 0.417 e. The molecule has 0 bridgehead atoms. The average molecular weight is 357 g/mol. The van der Waals surface area contributed by atoms with E-state index in [1.165, 1.54) is 24.3 Å². The van der Waals surface area contributed by atoms with Crippen molar-refractivity contribution in [3.05, 3.63) is 58.4 Å². The summed E-state index contributed by atoms with van der Waals surface area (Å²) in [6, 6.07) is 7.04. The molecule has 0 aliphatic heterocycles. The van der Waals surface area contributed by atoms with Gasteiger partial charge in [-0.15, -0.1) is 0 Å². The molecule has 0 aliphatic rings. The number of aromatic hydroxyl groups is 1. The Morgan fingerprint density at radius 2 is 1.88 bits per heavy atom. The minimum atomic E-state index is -4.60. The first kappa shape index (κ1) is 16.3. The number of H-pyrrole nitrogens is 1. The number of rotatable bonds is 2. The fourth-order valence-electron chi connectivity index (χ4n) is 2.25. The van der Waals surface area contributed by atoms with Crippen molar-refractivity contribution in [2.24, 2.45) is 4.99 Å². The molecule has 2 aromatic carbocycles. The number of halogens is 5. The molecule has 24 heavy (non-hydrogen) atoms. The molecule has 0 saturated heterocycles. The van der Waals surface area contributed by atoms with Gasteiger partial charge in [0.25, 0.3) is 0 Å². The first-order valence-electron chi connectivity index (χ1n) is 6.67. The Hall–Kier alpha value is -2.54. The summed E-state index contributed by atoms with van der Waals surface area (Å²) in [6.07, 6.45) is -3.44. The fraction of sp³-hybridized carbons (Fsp3) is 0.0625. The highest BCUT2D eigenvalue weighted by Crippen LogP contribution is 2.37. The van der Waals surface area contributed by atoms with Crippen molar-refractivity contribution < 1.29 is 22.7 Å². The number of benzene rings is 2. The van der Waals surface area contributed by atoms with Crippen molar-refractivity contribution in [3.63, 3.8) is 0 Å². The molecule has 0 unspecified atom stereocenters. The second kappa shape index (κ2) is 5.83. The number of aromatic amines is 1. The molecule has 0 fully saturated rings. The molecule has 1 aromatic heterocycles. The summed E-state index contributed by atoms with van der Waals surface area (Å²) >= 11 is 5.54. The highest BCUT2D eigenvalue weighted by molar-refractivity contribution is 6.31. The van der Waals surface area contributed by atoms with Crippen LogP contribution in [0.15, 0.2) is 41.4 Å². The van der Waals surface area contributed by atoms with E-state index in [0.717, 1.165) is 18.3 Å². The number of alkyl halides is 3. The van der Waals surface area contributed by atoms with Crippen molar-refractivity contribution in [2.45, 2.75) is 6.18 Å². The van der Waals surface area contributed by atoms with E-state index in [2.05, 4.69) is 9.98 Å². The van der Waals surface area contributed by atoms with Gasteiger partial charge in [0, 0.05) is 17.1 Å². The van der Waals surface area contributed by atoms with Crippen LogP contribution in [0.2, 0.25) is 5.02 Å². The molecule has 0 saturated carbocycles. The summed E-state index contributed by atoms with van der Waals surface area (Å²) in [4.78, 5) is 6.55. The topological polar surface area (TPSA) is 48.4 Å². The third-order valence-corrected chi connectivity index (χ3v) is 3.71. The molecule has 2 N–H and O–H groups in total. The van der Waals surface area contributed by atoms with Crippen LogP contribution in [0.25, 0.3) is 10.9 Å². The van der Waals surface area contributed by atoms with Crippen LogP contribution in [0.3, 0.4) is 0 Å². The Morgan fingerprint density at radius 3 is 2.58 bits per heavy atom. The molecular formula is C16H9ClF4N2O. The van der Waals surface area contributed by atoms with Gasteiger partial charge in [-0.3, -0.25) is 4.99 Å². The summed E-state index contributed by atoms with van der Waals surface area (Å²) < 4.78 is 51.8. The number of aliphatic imine (C=N–C) groups is 1. The van der Waals surface area contributed by atoms with Gasteiger partial charge in [-0.1, -0.05) is 11.6 Å². The number of nitrogens with one attached hydrogen (secondary N) is 1. The second-order valence-electron chi connectivity index (χ2n) is 5.00. The predicted octanol–water partition coefficient (Wildman–Crippen LogP) is 5.44. The molecule has 124 valence electrons. The number of fused-ring (bicyclic) bond motifs is 1. The average Bonchev–Trinajstić information content (AvgIpc) is 2.80. The molecule has 0 atom stereocenters.